The third kappa shape index (κ3) is 2.43. The quantitative estimate of drug-likeness (QED) is 0.604. The van der Waals surface area contributed by atoms with E-state index in [1.54, 1.807) is 0 Å². The number of aromatic nitrogens is 2. The van der Waals surface area contributed by atoms with Gasteiger partial charge in [-0.25, -0.2) is 4.79 Å². The number of hydrogen-bond acceptors (Lipinski definition) is 5. The van der Waals surface area contributed by atoms with Crippen LogP contribution < -0.4 is 17.0 Å². The highest BCUT2D eigenvalue weighted by molar-refractivity contribution is 5.92. The second-order valence-corrected chi connectivity index (χ2v) is 4.20. The van der Waals surface area contributed by atoms with Crippen molar-refractivity contribution >= 4 is 11.6 Å². The number of nitrogens with zero attached hydrogens (tertiary/aromatic N) is 3. The molecule has 1 amide bonds. The van der Waals surface area contributed by atoms with E-state index < -0.39 is 22.1 Å². The number of nitro groups is 1. The van der Waals surface area contributed by atoms with Crippen LogP contribution in [0.25, 0.3) is 5.69 Å². The largest absolute Gasteiger partial charge is 0.365 e. The lowest BCUT2D eigenvalue weighted by atomic mass is 10.2. The summed E-state index contributed by atoms with van der Waals surface area (Å²) >= 11 is 0. The van der Waals surface area contributed by atoms with Crippen LogP contribution in [-0.4, -0.2) is 20.0 Å². The molecule has 1 aromatic heterocycles. The molecule has 0 aliphatic heterocycles. The van der Waals surface area contributed by atoms with E-state index in [0.717, 1.165) is 15.3 Å². The van der Waals surface area contributed by atoms with Crippen LogP contribution in [0.1, 0.15) is 10.4 Å². The van der Waals surface area contributed by atoms with Gasteiger partial charge in [0.25, 0.3) is 17.2 Å². The summed E-state index contributed by atoms with van der Waals surface area (Å²) in [7, 11) is 1.21. The number of benzene rings is 1. The van der Waals surface area contributed by atoms with E-state index in [9.17, 15) is 24.5 Å². The van der Waals surface area contributed by atoms with Crippen molar-refractivity contribution in [1.82, 2.24) is 9.13 Å². The van der Waals surface area contributed by atoms with Crippen molar-refractivity contribution in [2.45, 2.75) is 0 Å². The Morgan fingerprint density at radius 2 is 1.81 bits per heavy atom. The van der Waals surface area contributed by atoms with Crippen molar-refractivity contribution < 1.29 is 9.72 Å². The van der Waals surface area contributed by atoms with Gasteiger partial charge in [-0.3, -0.25) is 28.8 Å². The van der Waals surface area contributed by atoms with E-state index >= 15 is 0 Å². The maximum atomic E-state index is 12.0. The van der Waals surface area contributed by atoms with Gasteiger partial charge in [-0.1, -0.05) is 0 Å². The predicted octanol–water partition coefficient (Wildman–Crippen LogP) is -0.457. The summed E-state index contributed by atoms with van der Waals surface area (Å²) in [6.45, 7) is 0. The van der Waals surface area contributed by atoms with Crippen LogP contribution in [0.5, 0.6) is 0 Å². The molecule has 0 unspecified atom stereocenters. The maximum absolute atomic E-state index is 12.0. The first kappa shape index (κ1) is 14.2. The molecule has 0 atom stereocenters. The minimum Gasteiger partial charge on any atom is -0.365 e. The lowest BCUT2D eigenvalue weighted by Gasteiger charge is -2.09. The topological polar surface area (TPSA) is 130 Å². The highest BCUT2D eigenvalue weighted by Crippen LogP contribution is 2.13. The molecule has 0 saturated carbocycles. The van der Waals surface area contributed by atoms with Gasteiger partial charge >= 0.3 is 5.69 Å². The number of rotatable bonds is 3. The van der Waals surface area contributed by atoms with Gasteiger partial charge in [0.1, 0.15) is 5.56 Å². The highest BCUT2D eigenvalue weighted by atomic mass is 16.6. The van der Waals surface area contributed by atoms with Gasteiger partial charge in [-0.2, -0.15) is 0 Å². The van der Waals surface area contributed by atoms with Gasteiger partial charge in [0, 0.05) is 25.4 Å². The molecular formula is C12H10N4O5. The predicted molar refractivity (Wildman–Crippen MR) is 72.5 cm³/mol. The van der Waals surface area contributed by atoms with Crippen molar-refractivity contribution in [2.24, 2.45) is 12.8 Å². The van der Waals surface area contributed by atoms with Gasteiger partial charge in [0.05, 0.1) is 10.6 Å². The number of nitrogens with two attached hydrogens (primary N) is 1. The summed E-state index contributed by atoms with van der Waals surface area (Å²) in [4.78, 5) is 45.0. The van der Waals surface area contributed by atoms with Crippen molar-refractivity contribution in [3.8, 4) is 5.69 Å². The van der Waals surface area contributed by atoms with Gasteiger partial charge in [-0.05, 0) is 12.1 Å². The zero-order valence-electron chi connectivity index (χ0n) is 10.8. The van der Waals surface area contributed by atoms with Crippen molar-refractivity contribution in [3.63, 3.8) is 0 Å². The summed E-state index contributed by atoms with van der Waals surface area (Å²) < 4.78 is 1.76. The Kier molecular flexibility index (Phi) is 3.40. The Labute approximate surface area is 117 Å². The third-order valence-corrected chi connectivity index (χ3v) is 2.89. The van der Waals surface area contributed by atoms with E-state index in [1.807, 2.05) is 0 Å². The molecule has 0 saturated heterocycles. The number of primary amides is 1. The molecule has 21 heavy (non-hydrogen) atoms. The Bertz CT molecular complexity index is 847. The second-order valence-electron chi connectivity index (χ2n) is 4.20. The molecule has 0 bridgehead atoms. The van der Waals surface area contributed by atoms with Gasteiger partial charge in [0.2, 0.25) is 0 Å². The fourth-order valence-electron chi connectivity index (χ4n) is 1.76. The molecule has 2 rings (SSSR count). The molecule has 9 heteroatoms. The minimum atomic E-state index is -0.966. The van der Waals surface area contributed by atoms with Crippen molar-refractivity contribution in [1.29, 1.82) is 0 Å². The number of carbonyl (C=O) groups is 1. The van der Waals surface area contributed by atoms with Crippen LogP contribution in [0.3, 0.4) is 0 Å². The van der Waals surface area contributed by atoms with Crippen LogP contribution in [0, 0.1) is 10.1 Å². The lowest BCUT2D eigenvalue weighted by molar-refractivity contribution is -0.384. The molecule has 0 aliphatic carbocycles. The summed E-state index contributed by atoms with van der Waals surface area (Å²) in [5.74, 6) is -0.966. The first-order chi connectivity index (χ1) is 9.82. The summed E-state index contributed by atoms with van der Waals surface area (Å²) in [6.07, 6.45) is 1.02. The summed E-state index contributed by atoms with van der Waals surface area (Å²) in [5.41, 5.74) is 3.36. The molecule has 0 spiro atoms. The first-order valence-electron chi connectivity index (χ1n) is 5.70. The number of hydrogen-bond donors (Lipinski definition) is 1. The number of nitro benzene ring substituents is 1. The van der Waals surface area contributed by atoms with E-state index in [2.05, 4.69) is 0 Å². The van der Waals surface area contributed by atoms with E-state index in [-0.39, 0.29) is 16.9 Å². The Morgan fingerprint density at radius 3 is 2.29 bits per heavy atom. The minimum absolute atomic E-state index is 0.147. The van der Waals surface area contributed by atoms with Crippen molar-refractivity contribution in [2.75, 3.05) is 0 Å². The molecule has 0 fully saturated rings. The van der Waals surface area contributed by atoms with Crippen LogP contribution in [-0.2, 0) is 7.05 Å². The van der Waals surface area contributed by atoms with Crippen LogP contribution in [0.4, 0.5) is 5.69 Å². The highest BCUT2D eigenvalue weighted by Gasteiger charge is 2.14. The fraction of sp³-hybridized carbons (Fsp3) is 0.0833. The SMILES string of the molecule is Cn1c(=O)c(C(N)=O)cn(-c2ccc([N+](=O)[O-])cc2)c1=O. The Morgan fingerprint density at radius 1 is 1.24 bits per heavy atom. The molecule has 108 valence electrons. The number of amides is 1. The monoisotopic (exact) mass is 290 g/mol. The average molecular weight is 290 g/mol. The summed E-state index contributed by atoms with van der Waals surface area (Å²) in [5, 5.41) is 10.6. The maximum Gasteiger partial charge on any atom is 0.335 e. The van der Waals surface area contributed by atoms with Crippen LogP contribution >= 0.6 is 0 Å². The summed E-state index contributed by atoms with van der Waals surface area (Å²) in [6, 6.07) is 5.07. The zero-order valence-corrected chi connectivity index (χ0v) is 10.8. The van der Waals surface area contributed by atoms with Gasteiger partial charge in [0.15, 0.2) is 0 Å². The number of carbonyl (C=O) groups excluding carboxylic acids is 1. The molecule has 2 N–H and O–H groups in total. The van der Waals surface area contributed by atoms with Gasteiger partial charge < -0.3 is 5.73 Å². The fourth-order valence-corrected chi connectivity index (χ4v) is 1.76. The molecule has 1 aromatic carbocycles. The molecule has 1 heterocycles. The Hall–Kier alpha value is -3.23. The normalized spacial score (nSPS) is 10.3. The zero-order chi connectivity index (χ0) is 15.7. The third-order valence-electron chi connectivity index (χ3n) is 2.89. The average Bonchev–Trinajstić information content (AvgIpc) is 2.45. The van der Waals surface area contributed by atoms with E-state index in [1.165, 1.54) is 31.3 Å². The molecule has 9 nitrogen and oxygen atoms in total. The lowest BCUT2D eigenvalue weighted by Crippen LogP contribution is -2.41. The first-order valence-corrected chi connectivity index (χ1v) is 5.70. The number of non-ortho nitro benzene ring substituents is 1. The molecule has 0 aliphatic rings. The van der Waals surface area contributed by atoms with Crippen molar-refractivity contribution in [3.05, 3.63) is 67.0 Å². The van der Waals surface area contributed by atoms with Crippen LogP contribution in [0.2, 0.25) is 0 Å². The smallest absolute Gasteiger partial charge is 0.335 e. The Balaban J connectivity index is 2.69. The standard InChI is InChI=1S/C12H10N4O5/c1-14-11(18)9(10(13)17)6-15(12(14)19)7-2-4-8(5-3-7)16(20)21/h2-6H,1H3,(H2,13,17). The molecular weight excluding hydrogens is 280 g/mol. The molecule has 0 radical (unpaired) electrons. The van der Waals surface area contributed by atoms with Crippen LogP contribution in [0.15, 0.2) is 40.1 Å². The van der Waals surface area contributed by atoms with Gasteiger partial charge in [-0.15, -0.1) is 0 Å². The van der Waals surface area contributed by atoms with E-state index in [0.29, 0.717) is 0 Å². The van der Waals surface area contributed by atoms with E-state index in [4.69, 9.17) is 5.73 Å². The molecule has 2 aromatic rings. The second kappa shape index (κ2) is 5.04.